The average Bonchev–Trinajstić information content (AvgIpc) is 3.03. The largest absolute Gasteiger partial charge is 0.486 e. The molecule has 0 radical (unpaired) electrons. The quantitative estimate of drug-likeness (QED) is 0.710. The molecule has 3 aromatic rings. The van der Waals surface area contributed by atoms with E-state index < -0.39 is 0 Å². The van der Waals surface area contributed by atoms with Crippen molar-refractivity contribution in [2.45, 2.75) is 38.3 Å². The highest BCUT2D eigenvalue weighted by Crippen LogP contribution is 2.31. The van der Waals surface area contributed by atoms with Gasteiger partial charge in [0.1, 0.15) is 18.5 Å². The highest BCUT2D eigenvalue weighted by molar-refractivity contribution is 5.55. The summed E-state index contributed by atoms with van der Waals surface area (Å²) in [6, 6.07) is 7.56. The minimum absolute atomic E-state index is 0.111. The van der Waals surface area contributed by atoms with Crippen LogP contribution < -0.4 is 15.0 Å². The van der Waals surface area contributed by atoms with E-state index in [2.05, 4.69) is 10.2 Å². The van der Waals surface area contributed by atoms with Gasteiger partial charge in [0, 0.05) is 5.56 Å². The molecule has 3 heterocycles. The summed E-state index contributed by atoms with van der Waals surface area (Å²) in [7, 11) is 0. The normalized spacial score (nSPS) is 19.0. The topological polar surface area (TPSA) is 70.7 Å². The number of benzene rings is 1. The number of para-hydroxylation sites is 2. The Labute approximate surface area is 143 Å². The molecule has 1 atom stereocenters. The molecule has 25 heavy (non-hydrogen) atoms. The Morgan fingerprint density at radius 1 is 1.16 bits per heavy atom. The minimum atomic E-state index is -0.249. The van der Waals surface area contributed by atoms with Crippen molar-refractivity contribution in [2.75, 3.05) is 6.61 Å². The molecule has 1 aliphatic carbocycles. The monoisotopic (exact) mass is 338 g/mol. The van der Waals surface area contributed by atoms with Gasteiger partial charge in [-0.05, 0) is 37.8 Å². The third-order valence-corrected chi connectivity index (χ3v) is 4.86. The molecule has 7 heteroatoms. The summed E-state index contributed by atoms with van der Waals surface area (Å²) in [4.78, 5) is 12.9. The fourth-order valence-electron chi connectivity index (χ4n) is 3.65. The van der Waals surface area contributed by atoms with E-state index in [1.165, 1.54) is 4.68 Å². The minimum Gasteiger partial charge on any atom is -0.486 e. The van der Waals surface area contributed by atoms with Gasteiger partial charge in [0.2, 0.25) is 0 Å². The summed E-state index contributed by atoms with van der Waals surface area (Å²) in [5, 5.41) is 8.79. The van der Waals surface area contributed by atoms with Crippen molar-refractivity contribution >= 4 is 5.52 Å². The van der Waals surface area contributed by atoms with Crippen LogP contribution in [0.5, 0.6) is 11.5 Å². The predicted octanol–water partition coefficient (Wildman–Crippen LogP) is 1.61. The lowest BCUT2D eigenvalue weighted by atomic mass is 9.97. The lowest BCUT2D eigenvalue weighted by molar-refractivity contribution is 0.0747. The number of nitrogens with zero attached hydrogens (tertiary/aromatic N) is 4. The Bertz CT molecular complexity index is 1010. The van der Waals surface area contributed by atoms with Crippen molar-refractivity contribution in [3.63, 3.8) is 0 Å². The van der Waals surface area contributed by atoms with Gasteiger partial charge in [0.05, 0.1) is 12.2 Å². The number of hydrogen-bond donors (Lipinski definition) is 0. The maximum absolute atomic E-state index is 12.9. The average molecular weight is 338 g/mol. The van der Waals surface area contributed by atoms with Crippen LogP contribution in [0.1, 0.15) is 24.1 Å². The molecule has 0 bridgehead atoms. The molecule has 2 aromatic heterocycles. The van der Waals surface area contributed by atoms with Gasteiger partial charge in [0.15, 0.2) is 17.6 Å². The number of aryl methyl sites for hydroxylation is 2. The van der Waals surface area contributed by atoms with Crippen molar-refractivity contribution in [1.29, 1.82) is 0 Å². The number of aromatic nitrogens is 4. The molecule has 1 aliphatic heterocycles. The SMILES string of the molecule is O=c1c2c3c(nn2cnn1C[C@H]1COc2ccccc2O1)CCCC3. The van der Waals surface area contributed by atoms with Crippen LogP contribution in [0.15, 0.2) is 35.4 Å². The number of hydrogen-bond acceptors (Lipinski definition) is 5. The van der Waals surface area contributed by atoms with Gasteiger partial charge in [0.25, 0.3) is 5.56 Å². The number of rotatable bonds is 2. The molecule has 0 saturated heterocycles. The molecule has 0 fully saturated rings. The van der Waals surface area contributed by atoms with Gasteiger partial charge in [-0.2, -0.15) is 10.2 Å². The van der Waals surface area contributed by atoms with Crippen LogP contribution in [-0.2, 0) is 19.4 Å². The van der Waals surface area contributed by atoms with E-state index in [-0.39, 0.29) is 11.7 Å². The highest BCUT2D eigenvalue weighted by atomic mass is 16.6. The summed E-state index contributed by atoms with van der Waals surface area (Å²) in [5.74, 6) is 1.44. The van der Waals surface area contributed by atoms with E-state index in [1.807, 2.05) is 24.3 Å². The van der Waals surface area contributed by atoms with Gasteiger partial charge < -0.3 is 9.47 Å². The van der Waals surface area contributed by atoms with Crippen LogP contribution in [0.4, 0.5) is 0 Å². The first-order valence-corrected chi connectivity index (χ1v) is 8.64. The molecule has 7 nitrogen and oxygen atoms in total. The van der Waals surface area contributed by atoms with E-state index >= 15 is 0 Å². The standard InChI is InChI=1S/C18H18N4O3/c23-18-17-13-5-1-2-6-14(13)20-22(17)11-19-21(18)9-12-10-24-15-7-3-4-8-16(15)25-12/h3-4,7-8,11-12H,1-2,5-6,9-10H2/t12-/m0/s1. The first-order chi connectivity index (χ1) is 12.3. The van der Waals surface area contributed by atoms with Gasteiger partial charge in [-0.25, -0.2) is 9.20 Å². The maximum Gasteiger partial charge on any atom is 0.293 e. The van der Waals surface area contributed by atoms with Crippen molar-refractivity contribution in [2.24, 2.45) is 0 Å². The number of ether oxygens (including phenoxy) is 2. The fourth-order valence-corrected chi connectivity index (χ4v) is 3.65. The summed E-state index contributed by atoms with van der Waals surface area (Å²) in [6.07, 6.45) is 5.45. The zero-order chi connectivity index (χ0) is 16.8. The second kappa shape index (κ2) is 5.61. The zero-order valence-corrected chi connectivity index (χ0v) is 13.7. The predicted molar refractivity (Wildman–Crippen MR) is 90.2 cm³/mol. The van der Waals surface area contributed by atoms with E-state index in [9.17, 15) is 4.79 Å². The smallest absolute Gasteiger partial charge is 0.293 e. The summed E-state index contributed by atoms with van der Waals surface area (Å²) < 4.78 is 14.8. The summed E-state index contributed by atoms with van der Waals surface area (Å²) in [5.41, 5.74) is 2.66. The Hall–Kier alpha value is -2.83. The first-order valence-electron chi connectivity index (χ1n) is 8.64. The van der Waals surface area contributed by atoms with Gasteiger partial charge in [-0.15, -0.1) is 0 Å². The van der Waals surface area contributed by atoms with Crippen molar-refractivity contribution < 1.29 is 9.47 Å². The van der Waals surface area contributed by atoms with Gasteiger partial charge in [-0.3, -0.25) is 4.79 Å². The van der Waals surface area contributed by atoms with E-state index in [4.69, 9.17) is 9.47 Å². The maximum atomic E-state index is 12.9. The second-order valence-electron chi connectivity index (χ2n) is 6.54. The Balaban J connectivity index is 1.48. The molecular formula is C18H18N4O3. The third kappa shape index (κ3) is 2.38. The van der Waals surface area contributed by atoms with E-state index in [0.29, 0.717) is 24.4 Å². The molecule has 0 N–H and O–H groups in total. The second-order valence-corrected chi connectivity index (χ2v) is 6.54. The molecule has 128 valence electrons. The molecule has 0 amide bonds. The molecule has 1 aromatic carbocycles. The number of fused-ring (bicyclic) bond motifs is 4. The summed E-state index contributed by atoms with van der Waals surface area (Å²) >= 11 is 0. The van der Waals surface area contributed by atoms with E-state index in [1.54, 1.807) is 10.8 Å². The van der Waals surface area contributed by atoms with Crippen molar-refractivity contribution in [1.82, 2.24) is 19.4 Å². The van der Waals surface area contributed by atoms with Gasteiger partial charge >= 0.3 is 0 Å². The van der Waals surface area contributed by atoms with Crippen LogP contribution in [0.3, 0.4) is 0 Å². The third-order valence-electron chi connectivity index (χ3n) is 4.86. The summed E-state index contributed by atoms with van der Waals surface area (Å²) in [6.45, 7) is 0.747. The van der Waals surface area contributed by atoms with Crippen LogP contribution in [0.2, 0.25) is 0 Å². The lowest BCUT2D eigenvalue weighted by Crippen LogP contribution is -2.38. The van der Waals surface area contributed by atoms with E-state index in [0.717, 1.165) is 42.7 Å². The molecule has 5 rings (SSSR count). The molecule has 0 unspecified atom stereocenters. The van der Waals surface area contributed by atoms with Crippen LogP contribution in [-0.4, -0.2) is 32.1 Å². The highest BCUT2D eigenvalue weighted by Gasteiger charge is 2.24. The Morgan fingerprint density at radius 2 is 2.00 bits per heavy atom. The molecular weight excluding hydrogens is 320 g/mol. The van der Waals surface area contributed by atoms with Crippen LogP contribution >= 0.6 is 0 Å². The fraction of sp³-hybridized carbons (Fsp3) is 0.389. The van der Waals surface area contributed by atoms with Crippen molar-refractivity contribution in [3.05, 3.63) is 52.2 Å². The van der Waals surface area contributed by atoms with Crippen LogP contribution in [0.25, 0.3) is 5.52 Å². The molecule has 0 spiro atoms. The van der Waals surface area contributed by atoms with Crippen LogP contribution in [0, 0.1) is 0 Å². The molecule has 2 aliphatic rings. The zero-order valence-electron chi connectivity index (χ0n) is 13.7. The first kappa shape index (κ1) is 14.5. The Kier molecular flexibility index (Phi) is 3.26. The Morgan fingerprint density at radius 3 is 2.92 bits per heavy atom. The van der Waals surface area contributed by atoms with Crippen molar-refractivity contribution in [3.8, 4) is 11.5 Å². The van der Waals surface area contributed by atoms with Gasteiger partial charge in [-0.1, -0.05) is 12.1 Å². The molecule has 0 saturated carbocycles. The lowest BCUT2D eigenvalue weighted by Gasteiger charge is -2.26.